The van der Waals surface area contributed by atoms with Gasteiger partial charge >= 0.3 is 23.9 Å². The number of nitro groups is 1. The summed E-state index contributed by atoms with van der Waals surface area (Å²) in [5.74, 6) is -5.60. The number of ether oxygens (including phenoxy) is 5. The maximum atomic E-state index is 15.3. The minimum atomic E-state index is -2.44. The zero-order valence-corrected chi connectivity index (χ0v) is 47.2. The first-order chi connectivity index (χ1) is 30.6. The van der Waals surface area contributed by atoms with Crippen molar-refractivity contribution >= 4 is 35.6 Å². The minimum Gasteiger partial charge on any atom is -0.456 e. The number of rotatable bonds is 12. The van der Waals surface area contributed by atoms with Crippen LogP contribution in [-0.4, -0.2) is 126 Å². The summed E-state index contributed by atoms with van der Waals surface area (Å²) in [6.07, 6.45) is -11.5. The molecular formula is C45H52Ac2N4O16. The molecule has 0 spiro atoms. The SMILES string of the molecule is CC(=O)NC(c1ccccc1)C(O)C(=O)OC1CC2(O)C(OC(=O)c3ccccc3)C3[C@]4(O)COC4CC(OC(=O)OCCn4c([N+](=O)[O-])cnc4C)[C@@]3(C)C(=O)C(O)C(=C1C)C2(C)C.[Ac].[Ac]. The molecule has 2 bridgehead atoms. The van der Waals surface area contributed by atoms with E-state index < -0.39 is 125 Å². The average Bonchev–Trinajstić information content (AvgIpc) is 3.64. The second-order valence-electron chi connectivity index (χ2n) is 17.8. The van der Waals surface area contributed by atoms with Crippen molar-refractivity contribution in [1.29, 1.82) is 0 Å². The number of carbonyl (C=O) groups excluding carboxylic acids is 5. The van der Waals surface area contributed by atoms with E-state index in [9.17, 15) is 49.7 Å². The van der Waals surface area contributed by atoms with Crippen LogP contribution >= 0.6 is 0 Å². The monoisotopic (exact) mass is 1360 g/mol. The fourth-order valence-corrected chi connectivity index (χ4v) is 10.3. The van der Waals surface area contributed by atoms with Gasteiger partial charge < -0.3 is 59.5 Å². The second kappa shape index (κ2) is 21.0. The molecule has 3 fully saturated rings. The minimum absolute atomic E-state index is 0. The van der Waals surface area contributed by atoms with Gasteiger partial charge in [0.15, 0.2) is 17.7 Å². The van der Waals surface area contributed by atoms with Gasteiger partial charge in [-0.2, -0.15) is 0 Å². The number of nitrogens with one attached hydrogen (secondary N) is 1. The molecule has 5 N–H and O–H groups in total. The molecule has 20 nitrogen and oxygen atoms in total. The van der Waals surface area contributed by atoms with Crippen molar-refractivity contribution in [2.45, 2.75) is 115 Å². The molecule has 1 amide bonds. The van der Waals surface area contributed by atoms with Crippen molar-refractivity contribution < 1.29 is 161 Å². The van der Waals surface area contributed by atoms with Gasteiger partial charge in [0.1, 0.15) is 55.0 Å². The zero-order valence-electron chi connectivity index (χ0n) is 37.7. The van der Waals surface area contributed by atoms with Gasteiger partial charge in [0.2, 0.25) is 5.91 Å². The number of hydrogen-bond donors (Lipinski definition) is 5. The van der Waals surface area contributed by atoms with Crippen molar-refractivity contribution in [2.75, 3.05) is 13.2 Å². The summed E-state index contributed by atoms with van der Waals surface area (Å²) >= 11 is 0. The molecule has 1 aromatic heterocycles. The Morgan fingerprint density at radius 3 is 2.21 bits per heavy atom. The number of fused-ring (bicyclic) bond motifs is 5. The van der Waals surface area contributed by atoms with Crippen LogP contribution in [-0.2, 0) is 44.6 Å². The molecule has 2 heterocycles. The van der Waals surface area contributed by atoms with Crippen molar-refractivity contribution in [1.82, 2.24) is 14.9 Å². The number of esters is 2. The van der Waals surface area contributed by atoms with Crippen LogP contribution in [0.4, 0.5) is 10.6 Å². The van der Waals surface area contributed by atoms with Gasteiger partial charge in [-0.1, -0.05) is 62.4 Å². The quantitative estimate of drug-likeness (QED) is 0.0573. The third-order valence-corrected chi connectivity index (χ3v) is 13.9. The van der Waals surface area contributed by atoms with E-state index in [4.69, 9.17) is 23.7 Å². The first kappa shape index (κ1) is 54.8. The molecule has 1 aliphatic heterocycles. The molecule has 22 heteroatoms. The molecular weight excluding hydrogens is 1310 g/mol. The van der Waals surface area contributed by atoms with E-state index in [1.807, 2.05) is 0 Å². The van der Waals surface area contributed by atoms with Crippen LogP contribution in [0.25, 0.3) is 0 Å². The van der Waals surface area contributed by atoms with Gasteiger partial charge in [0, 0.05) is 126 Å². The molecule has 67 heavy (non-hydrogen) atoms. The number of Topliss-reactive ketones (excluding diaryl/α,β-unsaturated/α-hetero) is 1. The van der Waals surface area contributed by atoms with Gasteiger partial charge in [-0.3, -0.25) is 9.59 Å². The number of nitrogens with zero attached hydrogens (tertiary/aromatic N) is 3. The van der Waals surface area contributed by atoms with Crippen molar-refractivity contribution in [2.24, 2.45) is 16.7 Å². The first-order valence-corrected chi connectivity index (χ1v) is 21.0. The Balaban J connectivity index is 0.00000420. The number of aromatic nitrogens is 2. The van der Waals surface area contributed by atoms with Gasteiger partial charge in [0.25, 0.3) is 0 Å². The summed E-state index contributed by atoms with van der Waals surface area (Å²) in [6.45, 7) is 7.45. The topological polar surface area (TPSA) is 285 Å². The molecule has 11 atom stereocenters. The number of ketones is 1. The Bertz CT molecular complexity index is 2420. The van der Waals surface area contributed by atoms with Crippen LogP contribution in [0.1, 0.15) is 75.2 Å². The molecule has 2 radical (unpaired) electrons. The zero-order chi connectivity index (χ0) is 47.4. The van der Waals surface area contributed by atoms with Gasteiger partial charge in [0.05, 0.1) is 29.7 Å². The van der Waals surface area contributed by atoms with Crippen LogP contribution in [0.2, 0.25) is 0 Å². The number of imidazole rings is 1. The third kappa shape index (κ3) is 9.82. The molecule has 3 aromatic rings. The molecule has 7 rings (SSSR count). The number of aryl methyl sites for hydroxylation is 1. The number of aliphatic hydroxyl groups excluding tert-OH is 2. The summed E-state index contributed by atoms with van der Waals surface area (Å²) in [6, 6.07) is 14.5. The Morgan fingerprint density at radius 1 is 1.00 bits per heavy atom. The van der Waals surface area contributed by atoms with Gasteiger partial charge in [-0.25, -0.2) is 23.9 Å². The predicted molar refractivity (Wildman–Crippen MR) is 222 cm³/mol. The summed E-state index contributed by atoms with van der Waals surface area (Å²) in [5, 5.41) is 64.1. The first-order valence-electron chi connectivity index (χ1n) is 21.0. The fraction of sp³-hybridized carbons (Fsp3) is 0.511. The Labute approximate surface area is 456 Å². The maximum Gasteiger partial charge on any atom is 0.508 e. The number of aliphatic hydroxyl groups is 4. The van der Waals surface area contributed by atoms with E-state index in [1.165, 1.54) is 58.2 Å². The third-order valence-electron chi connectivity index (χ3n) is 13.9. The molecule has 4 aliphatic rings. The molecule has 9 unspecified atom stereocenters. The van der Waals surface area contributed by atoms with Crippen LogP contribution in [0.5, 0.6) is 0 Å². The summed E-state index contributed by atoms with van der Waals surface area (Å²) in [4.78, 5) is 84.1. The van der Waals surface area contributed by atoms with Crippen LogP contribution in [0.3, 0.4) is 0 Å². The fourth-order valence-electron chi connectivity index (χ4n) is 10.3. The molecule has 3 aliphatic carbocycles. The normalized spacial score (nSPS) is 30.1. The Morgan fingerprint density at radius 2 is 1.63 bits per heavy atom. The number of amides is 1. The Hall–Kier alpha value is -3.18. The maximum absolute atomic E-state index is 15.3. The smallest absolute Gasteiger partial charge is 0.456 e. The van der Waals surface area contributed by atoms with E-state index in [1.54, 1.807) is 48.5 Å². The van der Waals surface area contributed by atoms with E-state index in [0.29, 0.717) is 5.56 Å². The average molecular weight is 1360 g/mol. The van der Waals surface area contributed by atoms with Crippen molar-refractivity contribution in [3.8, 4) is 0 Å². The number of carbonyl (C=O) groups is 5. The van der Waals surface area contributed by atoms with Crippen molar-refractivity contribution in [3.63, 3.8) is 0 Å². The summed E-state index contributed by atoms with van der Waals surface area (Å²) in [7, 11) is 0. The van der Waals surface area contributed by atoms with E-state index in [0.717, 1.165) is 6.20 Å². The Kier molecular flexibility index (Phi) is 17.2. The van der Waals surface area contributed by atoms with Gasteiger partial charge in [-0.15, -0.1) is 0 Å². The molecule has 1 saturated heterocycles. The van der Waals surface area contributed by atoms with Crippen LogP contribution in [0.15, 0.2) is 78.0 Å². The van der Waals surface area contributed by atoms with E-state index >= 15 is 4.79 Å². The number of hydrogen-bond acceptors (Lipinski definition) is 17. The largest absolute Gasteiger partial charge is 0.508 e. The molecule has 2 aromatic carbocycles. The summed E-state index contributed by atoms with van der Waals surface area (Å²) in [5.41, 5.74) is -8.06. The second-order valence-corrected chi connectivity index (χ2v) is 17.8. The van der Waals surface area contributed by atoms with E-state index in [2.05, 4.69) is 10.3 Å². The van der Waals surface area contributed by atoms with E-state index in [-0.39, 0.29) is 129 Å². The predicted octanol–water partition coefficient (Wildman–Crippen LogP) is 2.57. The van der Waals surface area contributed by atoms with Gasteiger partial charge in [-0.05, 0) is 47.6 Å². The van der Waals surface area contributed by atoms with Crippen LogP contribution < -0.4 is 5.32 Å². The van der Waals surface area contributed by atoms with Crippen molar-refractivity contribution in [3.05, 3.63) is 105 Å². The number of benzene rings is 2. The summed E-state index contributed by atoms with van der Waals surface area (Å²) < 4.78 is 30.5. The standard InChI is InChI=1S/C45H52N4O16.2Ac/c1-23-28(63-40(55)35(52)33(47-25(3)50)26-13-9-7-10-14-26)20-45(58)38(65-39(54)27-15-11-8-12-16-27)36-43(6,37(53)34(51)32(23)42(45,4)5)29(19-30-44(36,57)22-62-30)64-41(56)61-18-17-48-24(2)46-21-31(48)49(59)60;;/h7-16,21,28-30,33-36,38,51-52,57-58H,17-20,22H2,1-6H3,(H,47,50);;/t28?,29?,30?,33?,34?,35?,36?,38?,43-,44+,45?;;/m1../s1. The molecule has 2 saturated carbocycles. The molecule has 354 valence electrons. The van der Waals surface area contributed by atoms with Crippen LogP contribution in [0, 0.1) is 122 Å².